The van der Waals surface area contributed by atoms with Crippen LogP contribution < -0.4 is 14.2 Å². The third-order valence-electron chi connectivity index (χ3n) is 8.19. The third kappa shape index (κ3) is 4.65. The molecule has 1 aliphatic carbocycles. The van der Waals surface area contributed by atoms with E-state index in [0.29, 0.717) is 29.2 Å². The first kappa shape index (κ1) is 25.9. The second kappa shape index (κ2) is 10.5. The molecule has 0 radical (unpaired) electrons. The summed E-state index contributed by atoms with van der Waals surface area (Å²) in [5.41, 5.74) is 5.56. The average molecular weight is 514 g/mol. The predicted octanol–water partition coefficient (Wildman–Crippen LogP) is 6.37. The van der Waals surface area contributed by atoms with E-state index in [9.17, 15) is 9.90 Å². The second-order valence-electron chi connectivity index (χ2n) is 10.3. The first-order valence-corrected chi connectivity index (χ1v) is 13.0. The molecule has 1 atom stereocenters. The predicted molar refractivity (Wildman–Crippen MR) is 149 cm³/mol. The highest BCUT2D eigenvalue weighted by Crippen LogP contribution is 2.56. The van der Waals surface area contributed by atoms with Gasteiger partial charge in [-0.2, -0.15) is 0 Å². The topological polar surface area (TPSA) is 80.8 Å². The molecule has 1 aromatic heterocycles. The number of ketones is 1. The van der Waals surface area contributed by atoms with Crippen molar-refractivity contribution in [3.05, 3.63) is 77.5 Å². The van der Waals surface area contributed by atoms with Gasteiger partial charge in [-0.25, -0.2) is 0 Å². The molecule has 4 aromatic rings. The van der Waals surface area contributed by atoms with Crippen molar-refractivity contribution in [3.8, 4) is 28.4 Å². The van der Waals surface area contributed by atoms with Crippen LogP contribution in [0.4, 0.5) is 0 Å². The summed E-state index contributed by atoms with van der Waals surface area (Å²) in [6, 6.07) is 17.8. The lowest BCUT2D eigenvalue weighted by Crippen LogP contribution is -2.25. The normalized spacial score (nSPS) is 14.8. The van der Waals surface area contributed by atoms with Crippen LogP contribution in [0.2, 0.25) is 0 Å². The van der Waals surface area contributed by atoms with Crippen molar-refractivity contribution in [3.63, 3.8) is 0 Å². The van der Waals surface area contributed by atoms with Gasteiger partial charge in [0, 0.05) is 41.3 Å². The Morgan fingerprint density at radius 3 is 2.42 bits per heavy atom. The monoisotopic (exact) mass is 513 g/mol. The van der Waals surface area contributed by atoms with Crippen molar-refractivity contribution in [1.82, 2.24) is 4.98 Å². The van der Waals surface area contributed by atoms with Crippen molar-refractivity contribution >= 4 is 16.7 Å². The molecule has 6 nitrogen and oxygen atoms in total. The number of H-pyrrole nitrogens is 1. The minimum atomic E-state index is -0.170. The van der Waals surface area contributed by atoms with Crippen LogP contribution in [0.1, 0.15) is 40.7 Å². The summed E-state index contributed by atoms with van der Waals surface area (Å²) in [7, 11) is 4.78. The number of fused-ring (bicyclic) bond motifs is 1. The molecular formula is C32H35NO5. The molecular weight excluding hydrogens is 478 g/mol. The number of Topliss-reactive ketones (excluding diaryl/α,β-unsaturated/α-hetero) is 1. The standard InChI is InChI=1S/C32H35NO5/c1-20-9-10-21(16-26(20)25-11-12-29(36-2)31(38-4)30(25)37-3)28(35)17-32(13-14-32)23(19-34)15-22-18-33-27-8-6-5-7-24(22)27/h5-12,16,18,23,33-34H,13-15,17,19H2,1-4H3. The van der Waals surface area contributed by atoms with E-state index in [-0.39, 0.29) is 23.7 Å². The number of hydrogen-bond donors (Lipinski definition) is 2. The zero-order chi connectivity index (χ0) is 26.9. The van der Waals surface area contributed by atoms with Gasteiger partial charge in [0.15, 0.2) is 17.3 Å². The lowest BCUT2D eigenvalue weighted by molar-refractivity contribution is 0.0894. The number of aliphatic hydroxyl groups excluding tert-OH is 1. The van der Waals surface area contributed by atoms with Crippen molar-refractivity contribution in [2.24, 2.45) is 11.3 Å². The largest absolute Gasteiger partial charge is 0.493 e. The number of aryl methyl sites for hydroxylation is 1. The molecule has 6 heteroatoms. The fourth-order valence-electron chi connectivity index (χ4n) is 5.75. The molecule has 1 unspecified atom stereocenters. The molecule has 3 aromatic carbocycles. The number of benzene rings is 3. The van der Waals surface area contributed by atoms with Crippen LogP contribution in [0.25, 0.3) is 22.0 Å². The molecule has 2 N–H and O–H groups in total. The Bertz CT molecular complexity index is 1470. The van der Waals surface area contributed by atoms with Gasteiger partial charge in [-0.15, -0.1) is 0 Å². The Balaban J connectivity index is 1.41. The molecule has 1 saturated carbocycles. The Morgan fingerprint density at radius 1 is 0.974 bits per heavy atom. The minimum Gasteiger partial charge on any atom is -0.493 e. The van der Waals surface area contributed by atoms with E-state index in [4.69, 9.17) is 14.2 Å². The highest BCUT2D eigenvalue weighted by molar-refractivity contribution is 5.98. The summed E-state index contributed by atoms with van der Waals surface area (Å²) in [6.07, 6.45) is 5.11. The first-order chi connectivity index (χ1) is 18.4. The summed E-state index contributed by atoms with van der Waals surface area (Å²) in [6.45, 7) is 2.08. The van der Waals surface area contributed by atoms with Crippen molar-refractivity contribution in [1.29, 1.82) is 0 Å². The fourth-order valence-corrected chi connectivity index (χ4v) is 5.75. The van der Waals surface area contributed by atoms with E-state index in [0.717, 1.165) is 41.5 Å². The number of nitrogens with one attached hydrogen (secondary N) is 1. The van der Waals surface area contributed by atoms with E-state index in [1.54, 1.807) is 21.3 Å². The summed E-state index contributed by atoms with van der Waals surface area (Å²) in [5, 5.41) is 11.6. The van der Waals surface area contributed by atoms with E-state index in [2.05, 4.69) is 17.1 Å². The van der Waals surface area contributed by atoms with Gasteiger partial charge >= 0.3 is 0 Å². The van der Waals surface area contributed by atoms with Crippen LogP contribution in [0, 0.1) is 18.3 Å². The van der Waals surface area contributed by atoms with Crippen molar-refractivity contribution < 1.29 is 24.1 Å². The summed E-state index contributed by atoms with van der Waals surface area (Å²) in [4.78, 5) is 17.0. The van der Waals surface area contributed by atoms with Gasteiger partial charge < -0.3 is 24.3 Å². The number of para-hydroxylation sites is 1. The first-order valence-electron chi connectivity index (χ1n) is 13.0. The van der Waals surface area contributed by atoms with E-state index >= 15 is 0 Å². The van der Waals surface area contributed by atoms with Crippen LogP contribution in [0.5, 0.6) is 17.2 Å². The van der Waals surface area contributed by atoms with Gasteiger partial charge in [0.05, 0.1) is 21.3 Å². The maximum Gasteiger partial charge on any atom is 0.203 e. The number of hydrogen-bond acceptors (Lipinski definition) is 5. The van der Waals surface area contributed by atoms with Crippen molar-refractivity contribution in [2.75, 3.05) is 27.9 Å². The van der Waals surface area contributed by atoms with Gasteiger partial charge in [-0.1, -0.05) is 30.3 Å². The molecule has 1 aliphatic rings. The number of carbonyl (C=O) groups is 1. The molecule has 1 fully saturated rings. The highest BCUT2D eigenvalue weighted by Gasteiger charge is 2.50. The molecule has 0 spiro atoms. The number of aromatic nitrogens is 1. The molecule has 38 heavy (non-hydrogen) atoms. The highest BCUT2D eigenvalue weighted by atomic mass is 16.5. The maximum absolute atomic E-state index is 13.6. The van der Waals surface area contributed by atoms with Gasteiger partial charge in [-0.05, 0) is 78.5 Å². The van der Waals surface area contributed by atoms with E-state index in [1.807, 2.05) is 55.6 Å². The van der Waals surface area contributed by atoms with Crippen LogP contribution in [-0.2, 0) is 6.42 Å². The Morgan fingerprint density at radius 2 is 1.74 bits per heavy atom. The zero-order valence-electron chi connectivity index (χ0n) is 22.5. The summed E-state index contributed by atoms with van der Waals surface area (Å²) < 4.78 is 16.7. The van der Waals surface area contributed by atoms with Gasteiger partial charge in [0.1, 0.15) is 0 Å². The molecule has 0 amide bonds. The quantitative estimate of drug-likeness (QED) is 0.228. The van der Waals surface area contributed by atoms with Crippen LogP contribution in [-0.4, -0.2) is 43.8 Å². The second-order valence-corrected chi connectivity index (χ2v) is 10.3. The average Bonchev–Trinajstić information content (AvgIpc) is 3.61. The van der Waals surface area contributed by atoms with Crippen LogP contribution in [0.15, 0.2) is 60.8 Å². The maximum atomic E-state index is 13.6. The number of ether oxygens (including phenoxy) is 3. The molecule has 0 aliphatic heterocycles. The lowest BCUT2D eigenvalue weighted by Gasteiger charge is -2.25. The van der Waals surface area contributed by atoms with Gasteiger partial charge in [0.2, 0.25) is 5.75 Å². The number of aromatic amines is 1. The van der Waals surface area contributed by atoms with E-state index in [1.165, 1.54) is 10.9 Å². The Kier molecular flexibility index (Phi) is 7.17. The summed E-state index contributed by atoms with van der Waals surface area (Å²) in [5.74, 6) is 1.79. The Labute approximate surface area is 223 Å². The number of aliphatic hydroxyl groups is 1. The third-order valence-corrected chi connectivity index (χ3v) is 8.19. The zero-order valence-corrected chi connectivity index (χ0v) is 22.5. The fraction of sp³-hybridized carbons (Fsp3) is 0.344. The smallest absolute Gasteiger partial charge is 0.203 e. The van der Waals surface area contributed by atoms with Crippen molar-refractivity contribution in [2.45, 2.75) is 32.6 Å². The molecule has 0 saturated heterocycles. The lowest BCUT2D eigenvalue weighted by atomic mass is 9.80. The van der Waals surface area contributed by atoms with Gasteiger partial charge in [0.25, 0.3) is 0 Å². The molecule has 1 heterocycles. The summed E-state index contributed by atoms with van der Waals surface area (Å²) >= 11 is 0. The SMILES string of the molecule is COc1ccc(-c2cc(C(=O)CC3(C(CO)Cc4c[nH]c5ccccc45)CC3)ccc2C)c(OC)c1OC. The molecule has 198 valence electrons. The number of carbonyl (C=O) groups excluding carboxylic acids is 1. The Hall–Kier alpha value is -3.77. The van der Waals surface area contributed by atoms with E-state index < -0.39 is 0 Å². The minimum absolute atomic E-state index is 0.0292. The van der Waals surface area contributed by atoms with Gasteiger partial charge in [-0.3, -0.25) is 4.79 Å². The van der Waals surface area contributed by atoms with Crippen LogP contribution in [0.3, 0.4) is 0 Å². The van der Waals surface area contributed by atoms with Crippen LogP contribution >= 0.6 is 0 Å². The number of methoxy groups -OCH3 is 3. The number of rotatable bonds is 11. The molecule has 5 rings (SSSR count). The molecule has 0 bridgehead atoms.